The van der Waals surface area contributed by atoms with Crippen LogP contribution in [-0.2, 0) is 21.7 Å². The van der Waals surface area contributed by atoms with E-state index in [-0.39, 0.29) is 21.7 Å². The van der Waals surface area contributed by atoms with Gasteiger partial charge >= 0.3 is 0 Å². The van der Waals surface area contributed by atoms with Crippen molar-refractivity contribution >= 4 is 57.6 Å². The number of phenols is 1. The highest BCUT2D eigenvalue weighted by Gasteiger charge is 2.29. The second-order valence-corrected chi connectivity index (χ2v) is 24.1. The van der Waals surface area contributed by atoms with Crippen LogP contribution in [-0.4, -0.2) is 35.7 Å². The first-order valence-electron chi connectivity index (χ1n) is 23.7. The van der Waals surface area contributed by atoms with E-state index in [0.29, 0.717) is 17.5 Å². The molecule has 0 fully saturated rings. The largest absolute Gasteiger partial charge is 0.507 e. The number of rotatable bonds is 17. The molecular weight excluding hydrogens is 849 g/mol. The van der Waals surface area contributed by atoms with E-state index in [1.54, 1.807) is 0 Å². The van der Waals surface area contributed by atoms with Gasteiger partial charge < -0.3 is 20.2 Å². The summed E-state index contributed by atoms with van der Waals surface area (Å²) in [5, 5.41) is 18.4. The maximum Gasteiger partial charge on any atom is 0.123 e. The van der Waals surface area contributed by atoms with E-state index in [4.69, 9.17) is 0 Å². The first-order valence-corrected chi connectivity index (χ1v) is 25.7. The molecule has 0 heterocycles. The summed E-state index contributed by atoms with van der Waals surface area (Å²) >= 11 is 3.75. The number of anilines is 5. The van der Waals surface area contributed by atoms with E-state index in [2.05, 4.69) is 231 Å². The molecule has 5 aromatic carbocycles. The predicted octanol–water partition coefficient (Wildman–Crippen LogP) is 16.9. The van der Waals surface area contributed by atoms with Crippen molar-refractivity contribution in [3.8, 4) is 5.75 Å². The van der Waals surface area contributed by atoms with Gasteiger partial charge in [-0.05, 0) is 154 Å². The minimum absolute atomic E-state index is 0.149. The molecule has 0 saturated heterocycles. The Morgan fingerprint density at radius 3 is 1.50 bits per heavy atom. The summed E-state index contributed by atoms with van der Waals surface area (Å²) in [5.41, 5.74) is 9.63. The molecule has 0 spiro atoms. The number of para-hydroxylation sites is 1. The Labute approximate surface area is 405 Å². The number of nitroso groups, excluding NO2 is 1. The second kappa shape index (κ2) is 21.4. The second-order valence-electron chi connectivity index (χ2n) is 21.7. The van der Waals surface area contributed by atoms with Crippen LogP contribution < -0.4 is 15.1 Å². The molecule has 0 aliphatic heterocycles. The van der Waals surface area contributed by atoms with Gasteiger partial charge in [0.25, 0.3) is 0 Å². The molecule has 1 unspecified atom stereocenters. The molecule has 350 valence electrons. The topological polar surface area (TPSA) is 68.2 Å². The smallest absolute Gasteiger partial charge is 0.123 e. The van der Waals surface area contributed by atoms with Crippen molar-refractivity contribution in [1.82, 2.24) is 0 Å². The summed E-state index contributed by atoms with van der Waals surface area (Å²) in [5.74, 6) is 2.37. The normalized spacial score (nSPS) is 14.3. The zero-order chi connectivity index (χ0) is 47.9. The van der Waals surface area contributed by atoms with Crippen LogP contribution >= 0.6 is 23.5 Å². The first kappa shape index (κ1) is 50.5. The fourth-order valence-corrected chi connectivity index (χ4v) is 10.4. The molecule has 0 aromatic heterocycles. The maximum atomic E-state index is 12.1. The molecule has 1 atom stereocenters. The molecule has 1 aliphatic carbocycles. The Balaban J connectivity index is 1.10. The molecule has 0 amide bonds. The third kappa shape index (κ3) is 13.2. The Bertz CT molecular complexity index is 2380. The number of nitrogens with zero attached hydrogens (tertiary/aromatic N) is 3. The molecule has 8 heteroatoms. The van der Waals surface area contributed by atoms with E-state index in [9.17, 15) is 10.0 Å². The first-order chi connectivity index (χ1) is 31.1. The van der Waals surface area contributed by atoms with E-state index in [0.717, 1.165) is 83.2 Å². The zero-order valence-electron chi connectivity index (χ0n) is 41.7. The Morgan fingerprint density at radius 2 is 1.05 bits per heavy atom. The predicted molar refractivity (Wildman–Crippen MR) is 289 cm³/mol. The third-order valence-electron chi connectivity index (χ3n) is 12.2. The van der Waals surface area contributed by atoms with Crippen molar-refractivity contribution in [2.24, 2.45) is 5.18 Å². The van der Waals surface area contributed by atoms with Gasteiger partial charge in [0.1, 0.15) is 11.4 Å². The van der Waals surface area contributed by atoms with Gasteiger partial charge in [-0.25, -0.2) is 0 Å². The third-order valence-corrected chi connectivity index (χ3v) is 14.3. The molecule has 2 N–H and O–H groups in total. The fraction of sp³-hybridized carbons (Fsp3) is 0.414. The average molecular weight is 923 g/mol. The number of thioether (sulfide) groups is 2. The molecule has 1 aliphatic rings. The molecule has 0 saturated carbocycles. The SMILES string of the molecule is CC(C)(C)c1cc(SCCCN(c2ccccc2)c2ccc(Nc3ccc(N(CCCSc4cc(C(C)(C)C)c(N=O)c(C(C)(C)C)c4)C4C=CC=CC4)cc3)cc2)cc(C(C)(C)C)c1O. The molecule has 0 radical (unpaired) electrons. The molecule has 6 rings (SSSR count). The Hall–Kier alpha value is -4.92. The summed E-state index contributed by atoms with van der Waals surface area (Å²) in [4.78, 5) is 19.5. The van der Waals surface area contributed by atoms with Crippen molar-refractivity contribution in [2.45, 2.75) is 140 Å². The van der Waals surface area contributed by atoms with Gasteiger partial charge in [0.05, 0.1) is 6.04 Å². The minimum Gasteiger partial charge on any atom is -0.507 e. The molecule has 0 bridgehead atoms. The number of hydrogen-bond acceptors (Lipinski definition) is 8. The van der Waals surface area contributed by atoms with E-state index in [1.165, 1.54) is 21.2 Å². The number of phenolic OH excluding ortho intramolecular Hbond substituents is 1. The van der Waals surface area contributed by atoms with Crippen molar-refractivity contribution in [3.63, 3.8) is 0 Å². The van der Waals surface area contributed by atoms with Gasteiger partial charge in [-0.15, -0.1) is 28.4 Å². The van der Waals surface area contributed by atoms with Gasteiger partial charge in [-0.1, -0.05) is 126 Å². The monoisotopic (exact) mass is 923 g/mol. The summed E-state index contributed by atoms with van der Waals surface area (Å²) in [7, 11) is 0. The Morgan fingerprint density at radius 1 is 0.591 bits per heavy atom. The molecule has 66 heavy (non-hydrogen) atoms. The lowest BCUT2D eigenvalue weighted by Gasteiger charge is -2.32. The lowest BCUT2D eigenvalue weighted by Crippen LogP contribution is -2.35. The van der Waals surface area contributed by atoms with Gasteiger partial charge in [0.15, 0.2) is 0 Å². The Kier molecular flexibility index (Phi) is 16.3. The van der Waals surface area contributed by atoms with Gasteiger partial charge in [0.2, 0.25) is 0 Å². The standard InChI is InChI=1S/C58H74N4O2S2/c1-55(2,3)49-37-47(38-50(53(49)60-64)56(4,5)6)65-35-19-33-61(43-21-15-13-16-22-43)45-29-25-41(26-30-45)59-42-27-31-46(32-28-42)62(44-23-17-14-18-24-44)34-20-36-66-48-39-51(57(7,8)9)54(63)52(40-48)58(10,11)12/h13-18,21,23-32,37-40,43,59,63H,19-20,22,33-36H2,1-12H3. The number of allylic oxidation sites excluding steroid dienone is 2. The van der Waals surface area contributed by atoms with Crippen LogP contribution in [0.1, 0.15) is 125 Å². The van der Waals surface area contributed by atoms with Crippen LogP contribution in [0.25, 0.3) is 0 Å². The summed E-state index contributed by atoms with van der Waals surface area (Å²) in [6.45, 7) is 27.8. The van der Waals surface area contributed by atoms with E-state index in [1.807, 2.05) is 23.5 Å². The number of nitrogens with one attached hydrogen (secondary N) is 1. The quantitative estimate of drug-likeness (QED) is 0.0547. The van der Waals surface area contributed by atoms with Crippen molar-refractivity contribution < 1.29 is 5.11 Å². The van der Waals surface area contributed by atoms with Crippen LogP contribution in [0.2, 0.25) is 0 Å². The molecule has 6 nitrogen and oxygen atoms in total. The minimum atomic E-state index is -0.183. The molecular formula is C58H74N4O2S2. The van der Waals surface area contributed by atoms with Crippen molar-refractivity contribution in [3.05, 3.63) is 155 Å². The molecule has 5 aromatic rings. The number of benzene rings is 5. The van der Waals surface area contributed by atoms with Crippen LogP contribution in [0.5, 0.6) is 5.75 Å². The number of aromatic hydroxyl groups is 1. The highest BCUT2D eigenvalue weighted by Crippen LogP contribution is 2.44. The van der Waals surface area contributed by atoms with Crippen molar-refractivity contribution in [1.29, 1.82) is 0 Å². The summed E-state index contributed by atoms with van der Waals surface area (Å²) < 4.78 is 0. The van der Waals surface area contributed by atoms with Crippen LogP contribution in [0.4, 0.5) is 34.1 Å². The van der Waals surface area contributed by atoms with Crippen LogP contribution in [0.3, 0.4) is 0 Å². The summed E-state index contributed by atoms with van der Waals surface area (Å²) in [6, 6.07) is 37.4. The maximum absolute atomic E-state index is 12.1. The van der Waals surface area contributed by atoms with Crippen molar-refractivity contribution in [2.75, 3.05) is 39.7 Å². The number of hydrogen-bond donors (Lipinski definition) is 2. The summed E-state index contributed by atoms with van der Waals surface area (Å²) in [6.07, 6.45) is 11.9. The lowest BCUT2D eigenvalue weighted by molar-refractivity contribution is 0.422. The zero-order valence-corrected chi connectivity index (χ0v) is 43.3. The average Bonchev–Trinajstić information content (AvgIpc) is 3.26. The van der Waals surface area contributed by atoms with Gasteiger partial charge in [-0.2, -0.15) is 0 Å². The van der Waals surface area contributed by atoms with E-state index >= 15 is 0 Å². The van der Waals surface area contributed by atoms with Crippen LogP contribution in [0, 0.1) is 4.91 Å². The lowest BCUT2D eigenvalue weighted by atomic mass is 9.79. The fourth-order valence-electron chi connectivity index (χ4n) is 8.53. The highest BCUT2D eigenvalue weighted by atomic mass is 32.2. The van der Waals surface area contributed by atoms with Gasteiger partial charge in [0, 0.05) is 62.4 Å². The van der Waals surface area contributed by atoms with Crippen LogP contribution in [0.15, 0.2) is 142 Å². The highest BCUT2D eigenvalue weighted by molar-refractivity contribution is 7.99. The van der Waals surface area contributed by atoms with E-state index < -0.39 is 0 Å². The van der Waals surface area contributed by atoms with Gasteiger partial charge in [-0.3, -0.25) is 0 Å².